The van der Waals surface area contributed by atoms with Crippen molar-refractivity contribution >= 4 is 17.5 Å². The van der Waals surface area contributed by atoms with Gasteiger partial charge >= 0.3 is 0 Å². The quantitative estimate of drug-likeness (QED) is 0.645. The van der Waals surface area contributed by atoms with Crippen molar-refractivity contribution in [1.29, 1.82) is 0 Å². The van der Waals surface area contributed by atoms with Crippen LogP contribution in [0, 0.1) is 18.6 Å². The van der Waals surface area contributed by atoms with Gasteiger partial charge in [0, 0.05) is 32.0 Å². The van der Waals surface area contributed by atoms with Crippen LogP contribution in [-0.4, -0.2) is 36.9 Å². The first-order chi connectivity index (χ1) is 12.9. The van der Waals surface area contributed by atoms with Gasteiger partial charge in [0.1, 0.15) is 5.69 Å². The summed E-state index contributed by atoms with van der Waals surface area (Å²) in [5.74, 6) is -1.86. The molecule has 2 aromatic heterocycles. The monoisotopic (exact) mass is 389 g/mol. The number of hydrogen-bond donors (Lipinski definition) is 0. The number of benzene rings is 1. The molecule has 0 saturated heterocycles. The van der Waals surface area contributed by atoms with Gasteiger partial charge in [0.2, 0.25) is 5.28 Å². The first-order valence-corrected chi connectivity index (χ1v) is 8.60. The zero-order valence-corrected chi connectivity index (χ0v) is 15.0. The van der Waals surface area contributed by atoms with Crippen molar-refractivity contribution in [2.24, 2.45) is 0 Å². The van der Waals surface area contributed by atoms with Gasteiger partial charge in [-0.3, -0.25) is 4.79 Å². The standard InChI is InChI=1S/C18H14ClF2N5O/c1-10-7-22-18(19)24-15(10)14-9-25-4-5-26(17(27)16(25)23-14)8-11-2-3-12(20)13(21)6-11/h2-3,6-7,9H,4-5,8H2,1H3. The van der Waals surface area contributed by atoms with Crippen molar-refractivity contribution in [3.05, 3.63) is 64.5 Å². The Kier molecular flexibility index (Phi) is 4.35. The molecule has 1 amide bonds. The van der Waals surface area contributed by atoms with Gasteiger partial charge in [-0.2, -0.15) is 0 Å². The normalized spacial score (nSPS) is 13.8. The van der Waals surface area contributed by atoms with Crippen LogP contribution in [0.3, 0.4) is 0 Å². The first kappa shape index (κ1) is 17.5. The average molecular weight is 390 g/mol. The van der Waals surface area contributed by atoms with E-state index >= 15 is 0 Å². The summed E-state index contributed by atoms with van der Waals surface area (Å²) in [5.41, 5.74) is 2.41. The van der Waals surface area contributed by atoms with Gasteiger partial charge in [-0.15, -0.1) is 0 Å². The van der Waals surface area contributed by atoms with Crippen LogP contribution >= 0.6 is 11.6 Å². The molecular formula is C18H14ClF2N5O. The molecule has 0 fully saturated rings. The SMILES string of the molecule is Cc1cnc(Cl)nc1-c1cn2c(n1)C(=O)N(Cc1ccc(F)c(F)c1)CC2. The topological polar surface area (TPSA) is 63.9 Å². The highest BCUT2D eigenvalue weighted by Gasteiger charge is 2.28. The van der Waals surface area contributed by atoms with E-state index in [2.05, 4.69) is 15.0 Å². The molecule has 0 N–H and O–H groups in total. The molecule has 6 nitrogen and oxygen atoms in total. The van der Waals surface area contributed by atoms with Gasteiger partial charge < -0.3 is 9.47 Å². The Morgan fingerprint density at radius 2 is 2.00 bits per heavy atom. The maximum Gasteiger partial charge on any atom is 0.290 e. The fraction of sp³-hybridized carbons (Fsp3) is 0.222. The lowest BCUT2D eigenvalue weighted by Gasteiger charge is -2.27. The summed E-state index contributed by atoms with van der Waals surface area (Å²) in [6.07, 6.45) is 3.36. The number of rotatable bonds is 3. The van der Waals surface area contributed by atoms with E-state index in [4.69, 9.17) is 11.6 Å². The number of carbonyl (C=O) groups excluding carboxylic acids is 1. The number of fused-ring (bicyclic) bond motifs is 1. The van der Waals surface area contributed by atoms with E-state index in [1.165, 1.54) is 6.07 Å². The Morgan fingerprint density at radius 1 is 1.19 bits per heavy atom. The molecule has 0 bridgehead atoms. The highest BCUT2D eigenvalue weighted by Crippen LogP contribution is 2.24. The molecule has 0 atom stereocenters. The van der Waals surface area contributed by atoms with E-state index in [9.17, 15) is 13.6 Å². The van der Waals surface area contributed by atoms with Gasteiger partial charge in [0.15, 0.2) is 17.5 Å². The molecule has 0 radical (unpaired) electrons. The number of carbonyl (C=O) groups is 1. The van der Waals surface area contributed by atoms with Crippen LogP contribution < -0.4 is 0 Å². The molecule has 0 aliphatic carbocycles. The molecule has 1 aliphatic heterocycles. The summed E-state index contributed by atoms with van der Waals surface area (Å²) in [6, 6.07) is 3.62. The molecule has 9 heteroatoms. The van der Waals surface area contributed by atoms with E-state index in [0.717, 1.165) is 17.7 Å². The van der Waals surface area contributed by atoms with Gasteiger partial charge in [-0.25, -0.2) is 23.7 Å². The number of aryl methyl sites for hydroxylation is 1. The summed E-state index contributed by atoms with van der Waals surface area (Å²) in [6.45, 7) is 2.98. The Labute approximate surface area is 158 Å². The van der Waals surface area contributed by atoms with Crippen LogP contribution in [0.2, 0.25) is 5.28 Å². The molecule has 27 heavy (non-hydrogen) atoms. The van der Waals surface area contributed by atoms with E-state index < -0.39 is 11.6 Å². The number of aromatic nitrogens is 4. The number of amides is 1. The lowest BCUT2D eigenvalue weighted by Crippen LogP contribution is -2.39. The second-order valence-electron chi connectivity index (χ2n) is 6.29. The van der Waals surface area contributed by atoms with Crippen molar-refractivity contribution < 1.29 is 13.6 Å². The van der Waals surface area contributed by atoms with Crippen LogP contribution in [0.1, 0.15) is 21.7 Å². The lowest BCUT2D eigenvalue weighted by atomic mass is 10.2. The minimum absolute atomic E-state index is 0.105. The molecule has 1 aliphatic rings. The second-order valence-corrected chi connectivity index (χ2v) is 6.63. The predicted octanol–water partition coefficient (Wildman–Crippen LogP) is 3.24. The third-order valence-corrected chi connectivity index (χ3v) is 4.59. The molecule has 3 heterocycles. The van der Waals surface area contributed by atoms with Crippen LogP contribution in [0.5, 0.6) is 0 Å². The van der Waals surface area contributed by atoms with Crippen LogP contribution in [-0.2, 0) is 13.1 Å². The maximum atomic E-state index is 13.4. The smallest absolute Gasteiger partial charge is 0.290 e. The summed E-state index contributed by atoms with van der Waals surface area (Å²) in [7, 11) is 0. The zero-order chi connectivity index (χ0) is 19.1. The molecule has 3 aromatic rings. The first-order valence-electron chi connectivity index (χ1n) is 8.22. The number of imidazole rings is 1. The van der Waals surface area contributed by atoms with Gasteiger partial charge in [0.25, 0.3) is 5.91 Å². The minimum Gasteiger partial charge on any atom is -0.330 e. The fourth-order valence-electron chi connectivity index (χ4n) is 3.03. The predicted molar refractivity (Wildman–Crippen MR) is 94.1 cm³/mol. The Morgan fingerprint density at radius 3 is 2.78 bits per heavy atom. The number of hydrogen-bond acceptors (Lipinski definition) is 4. The Balaban J connectivity index is 1.61. The summed E-state index contributed by atoms with van der Waals surface area (Å²) in [4.78, 5) is 26.9. The fourth-order valence-corrected chi connectivity index (χ4v) is 3.16. The van der Waals surface area contributed by atoms with Crippen molar-refractivity contribution in [3.8, 4) is 11.4 Å². The molecule has 0 saturated carbocycles. The van der Waals surface area contributed by atoms with Crippen molar-refractivity contribution in [2.45, 2.75) is 20.0 Å². The highest BCUT2D eigenvalue weighted by molar-refractivity contribution is 6.28. The van der Waals surface area contributed by atoms with Crippen molar-refractivity contribution in [2.75, 3.05) is 6.54 Å². The molecular weight excluding hydrogens is 376 g/mol. The third-order valence-electron chi connectivity index (χ3n) is 4.41. The zero-order valence-electron chi connectivity index (χ0n) is 14.3. The maximum absolute atomic E-state index is 13.4. The largest absolute Gasteiger partial charge is 0.330 e. The number of halogens is 3. The molecule has 138 valence electrons. The molecule has 0 spiro atoms. The van der Waals surface area contributed by atoms with E-state index in [1.54, 1.807) is 21.9 Å². The summed E-state index contributed by atoms with van der Waals surface area (Å²) < 4.78 is 28.3. The molecule has 0 unspecified atom stereocenters. The average Bonchev–Trinajstić information content (AvgIpc) is 3.07. The van der Waals surface area contributed by atoms with Crippen LogP contribution in [0.25, 0.3) is 11.4 Å². The van der Waals surface area contributed by atoms with E-state index in [-0.39, 0.29) is 23.6 Å². The summed E-state index contributed by atoms with van der Waals surface area (Å²) >= 11 is 5.87. The minimum atomic E-state index is -0.933. The highest BCUT2D eigenvalue weighted by atomic mass is 35.5. The molecule has 1 aromatic carbocycles. The Bertz CT molecular complexity index is 1050. The van der Waals surface area contributed by atoms with Crippen LogP contribution in [0.4, 0.5) is 8.78 Å². The Hall–Kier alpha value is -2.87. The van der Waals surface area contributed by atoms with Crippen molar-refractivity contribution in [1.82, 2.24) is 24.4 Å². The van der Waals surface area contributed by atoms with Gasteiger partial charge in [-0.1, -0.05) is 6.07 Å². The number of nitrogens with zero attached hydrogens (tertiary/aromatic N) is 5. The third kappa shape index (κ3) is 3.28. The van der Waals surface area contributed by atoms with Gasteiger partial charge in [0.05, 0.1) is 5.69 Å². The molecule has 4 rings (SSSR count). The summed E-state index contributed by atoms with van der Waals surface area (Å²) in [5, 5.41) is 0.105. The second kappa shape index (κ2) is 6.70. The van der Waals surface area contributed by atoms with Gasteiger partial charge in [-0.05, 0) is 41.8 Å². The van der Waals surface area contributed by atoms with E-state index in [1.807, 2.05) is 6.92 Å². The van der Waals surface area contributed by atoms with Crippen molar-refractivity contribution in [3.63, 3.8) is 0 Å². The van der Waals surface area contributed by atoms with E-state index in [0.29, 0.717) is 30.0 Å². The lowest BCUT2D eigenvalue weighted by molar-refractivity contribution is 0.0683. The van der Waals surface area contributed by atoms with Crippen LogP contribution in [0.15, 0.2) is 30.6 Å².